The van der Waals surface area contributed by atoms with Gasteiger partial charge in [-0.3, -0.25) is 19.6 Å². The number of amidine groups is 2. The van der Waals surface area contributed by atoms with Gasteiger partial charge in [0.25, 0.3) is 11.8 Å². The van der Waals surface area contributed by atoms with Crippen molar-refractivity contribution in [2.45, 2.75) is 49.4 Å². The highest BCUT2D eigenvalue weighted by atomic mass is 35.5. The van der Waals surface area contributed by atoms with Gasteiger partial charge in [-0.15, -0.1) is 0 Å². The highest BCUT2D eigenvalue weighted by Crippen LogP contribution is 2.55. The number of nitrogens with zero attached hydrogens (tertiary/aromatic N) is 3. The minimum absolute atomic E-state index is 0.110. The Kier molecular flexibility index (Phi) is 14.9. The largest absolute Gasteiger partial charge is 0.310 e. The fraction of sp³-hybridized carbons (Fsp3) is 0.255. The summed E-state index contributed by atoms with van der Waals surface area (Å²) >= 11 is 38.1. The van der Waals surface area contributed by atoms with Gasteiger partial charge in [0.15, 0.2) is 5.69 Å². The average Bonchev–Trinajstić information content (AvgIpc) is 3.95. The molecule has 2 aliphatic carbocycles. The number of benzene rings is 6. The Morgan fingerprint density at radius 3 is 1.29 bits per heavy atom. The second kappa shape index (κ2) is 21.2. The molecule has 6 aromatic carbocycles. The van der Waals surface area contributed by atoms with Crippen LogP contribution < -0.4 is 10.6 Å². The summed E-state index contributed by atoms with van der Waals surface area (Å²) in [5, 5.41) is 10.2. The minimum Gasteiger partial charge on any atom is -0.310 e. The molecule has 0 saturated heterocycles. The third-order valence-corrected chi connectivity index (χ3v) is 15.7. The van der Waals surface area contributed by atoms with Gasteiger partial charge in [-0.25, -0.2) is 4.85 Å². The normalized spacial score (nSPS) is 23.7. The summed E-state index contributed by atoms with van der Waals surface area (Å²) in [6, 6.07) is 43.5. The molecule has 8 atom stereocenters. The van der Waals surface area contributed by atoms with Crippen LogP contribution in [0.5, 0.6) is 0 Å². The van der Waals surface area contributed by atoms with Crippen LogP contribution in [-0.4, -0.2) is 36.6 Å². The zero-order valence-corrected chi connectivity index (χ0v) is 41.1. The van der Waals surface area contributed by atoms with Gasteiger partial charge < -0.3 is 10.6 Å². The first-order valence-corrected chi connectivity index (χ1v) is 24.9. The first-order valence-electron chi connectivity index (χ1n) is 22.6. The summed E-state index contributed by atoms with van der Waals surface area (Å²) in [4.78, 5) is 38.7. The van der Waals surface area contributed by atoms with Crippen molar-refractivity contribution in [3.63, 3.8) is 0 Å². The van der Waals surface area contributed by atoms with Gasteiger partial charge in [-0.05, 0) is 144 Å². The molecule has 2 amide bonds. The molecule has 0 aromatic heterocycles. The number of hydrogen-bond donors (Lipinski definition) is 2. The molecular weight excluding hydrogens is 975 g/mol. The number of amides is 2. The maximum atomic E-state index is 12.9. The Morgan fingerprint density at radius 1 is 0.485 bits per heavy atom. The summed E-state index contributed by atoms with van der Waals surface area (Å²) in [5.74, 6) is 2.87. The van der Waals surface area contributed by atoms with Crippen molar-refractivity contribution in [1.29, 1.82) is 0 Å². The summed E-state index contributed by atoms with van der Waals surface area (Å²) in [6.07, 6.45) is 3.68. The predicted molar refractivity (Wildman–Crippen MR) is 278 cm³/mol. The average molecular weight is 1020 g/mol. The lowest BCUT2D eigenvalue weighted by Gasteiger charge is -2.41. The predicted octanol–water partition coefficient (Wildman–Crippen LogP) is 15.3. The van der Waals surface area contributed by atoms with Crippen molar-refractivity contribution >= 4 is 98.8 Å². The SMILES string of the molecule is O=C(NC1=NC[C@H]2[C@@H](c3ccc(Cl)cc3)[C@H](c3ccc(Cl)cc3Cl)CC[C@@H]12)c1ccccc1.[C-]#[N+]c1ccc(C(=O)NC2=NC[C@H]3[C@@H](c4ccc(Cl)cc4)[C@H](c4ccc(Cl)cc4Cl)CC[C@@H]23)cc1. The Hall–Kier alpha value is -5.17. The van der Waals surface area contributed by atoms with Crippen molar-refractivity contribution in [3.8, 4) is 0 Å². The monoisotopic (exact) mass is 1020 g/mol. The van der Waals surface area contributed by atoms with Gasteiger partial charge in [0, 0.05) is 66.2 Å². The van der Waals surface area contributed by atoms with E-state index >= 15 is 0 Å². The molecule has 0 radical (unpaired) electrons. The lowest BCUT2D eigenvalue weighted by molar-refractivity contribution is 0.0965. The number of carbonyl (C=O) groups excluding carboxylic acids is 2. The van der Waals surface area contributed by atoms with Crippen LogP contribution in [0.15, 0.2) is 150 Å². The van der Waals surface area contributed by atoms with E-state index in [1.807, 2.05) is 84.9 Å². The maximum absolute atomic E-state index is 12.9. The number of carbonyl (C=O) groups is 2. The molecule has 68 heavy (non-hydrogen) atoms. The van der Waals surface area contributed by atoms with E-state index in [4.69, 9.17) is 86.2 Å². The molecule has 2 saturated carbocycles. The van der Waals surface area contributed by atoms with Crippen molar-refractivity contribution < 1.29 is 9.59 Å². The zero-order valence-electron chi connectivity index (χ0n) is 36.6. The smallest absolute Gasteiger partial charge is 0.256 e. The molecule has 4 aliphatic rings. The maximum Gasteiger partial charge on any atom is 0.256 e. The summed E-state index contributed by atoms with van der Waals surface area (Å²) in [6.45, 7) is 8.39. The summed E-state index contributed by atoms with van der Waals surface area (Å²) < 4.78 is 0. The van der Waals surface area contributed by atoms with Crippen LogP contribution in [0.1, 0.15) is 92.3 Å². The van der Waals surface area contributed by atoms with Crippen LogP contribution >= 0.6 is 69.6 Å². The molecule has 10 rings (SSSR count). The molecule has 2 N–H and O–H groups in total. The first kappa shape index (κ1) is 47.9. The van der Waals surface area contributed by atoms with E-state index < -0.39 is 0 Å². The van der Waals surface area contributed by atoms with Crippen molar-refractivity contribution in [2.24, 2.45) is 33.7 Å². The Morgan fingerprint density at radius 2 is 0.882 bits per heavy atom. The van der Waals surface area contributed by atoms with Crippen LogP contribution in [0.4, 0.5) is 5.69 Å². The number of rotatable bonds is 6. The third kappa shape index (κ3) is 10.4. The second-order valence-corrected chi connectivity index (χ2v) is 20.3. The van der Waals surface area contributed by atoms with E-state index in [1.165, 1.54) is 11.1 Å². The van der Waals surface area contributed by atoms with Gasteiger partial charge in [0.1, 0.15) is 11.7 Å². The molecule has 7 nitrogen and oxygen atoms in total. The van der Waals surface area contributed by atoms with Gasteiger partial charge in [-0.1, -0.05) is 148 Å². The molecule has 6 aromatic rings. The molecule has 0 spiro atoms. The van der Waals surface area contributed by atoms with Crippen LogP contribution in [-0.2, 0) is 0 Å². The lowest BCUT2D eigenvalue weighted by Crippen LogP contribution is -2.40. The van der Waals surface area contributed by atoms with E-state index in [-0.39, 0.29) is 59.2 Å². The highest BCUT2D eigenvalue weighted by Gasteiger charge is 2.47. The third-order valence-electron chi connectivity index (χ3n) is 14.1. The number of hydrogen-bond acceptors (Lipinski definition) is 4. The van der Waals surface area contributed by atoms with E-state index in [1.54, 1.807) is 30.3 Å². The topological polar surface area (TPSA) is 87.3 Å². The van der Waals surface area contributed by atoms with Crippen LogP contribution in [0.2, 0.25) is 30.1 Å². The first-order chi connectivity index (χ1) is 32.9. The Labute approximate surface area is 426 Å². The van der Waals surface area contributed by atoms with Gasteiger partial charge in [0.05, 0.1) is 6.57 Å². The zero-order chi connectivity index (χ0) is 47.5. The van der Waals surface area contributed by atoms with Crippen molar-refractivity contribution in [3.05, 3.63) is 214 Å². The molecular formula is C55H45Cl6N5O2. The van der Waals surface area contributed by atoms with E-state index in [9.17, 15) is 9.59 Å². The molecule has 2 fully saturated rings. The number of halogens is 6. The summed E-state index contributed by atoms with van der Waals surface area (Å²) in [7, 11) is 0. The minimum atomic E-state index is -0.202. The van der Waals surface area contributed by atoms with Crippen LogP contribution in [0, 0.1) is 30.2 Å². The molecule has 0 unspecified atom stereocenters. The molecule has 0 bridgehead atoms. The van der Waals surface area contributed by atoms with Crippen LogP contribution in [0.3, 0.4) is 0 Å². The summed E-state index contributed by atoms with van der Waals surface area (Å²) in [5.41, 5.74) is 6.27. The van der Waals surface area contributed by atoms with E-state index in [2.05, 4.69) is 39.7 Å². The molecule has 2 heterocycles. The standard InChI is InChI=1S/C28H22Cl3N3O.C27H23Cl3N2O/c1-32-20-9-4-17(5-10-20)28(35)34-27-23-13-12-22(21-11-8-19(30)14-25(21)31)26(24(23)15-33-27)16-2-6-18(29)7-3-16;28-18-8-6-16(7-9-18)25-21(20-11-10-19(29)14-24(20)30)12-13-22-23(25)15-31-26(22)32-27(33)17-4-2-1-3-5-17/h2-11,14,22-24,26H,12-13,15H2,(H,33,34,35);1-11,14,21-23,25H,12-13,15H2,(H,31,32,33)/t22-,23+,24+,26-;21-,22+,23+,25-/m00/s1. The Bertz CT molecular complexity index is 2920. The van der Waals surface area contributed by atoms with Crippen LogP contribution in [0.25, 0.3) is 4.85 Å². The molecule has 344 valence electrons. The molecule has 2 aliphatic heterocycles. The lowest BCUT2D eigenvalue weighted by atomic mass is 9.63. The van der Waals surface area contributed by atoms with Crippen molar-refractivity contribution in [1.82, 2.24) is 10.6 Å². The van der Waals surface area contributed by atoms with E-state index in [0.717, 1.165) is 48.5 Å². The number of aliphatic imine (C=N–C) groups is 2. The fourth-order valence-electron chi connectivity index (χ4n) is 11.0. The Balaban J connectivity index is 0.000000170. The van der Waals surface area contributed by atoms with Gasteiger partial charge in [-0.2, -0.15) is 0 Å². The van der Waals surface area contributed by atoms with Crippen molar-refractivity contribution in [2.75, 3.05) is 13.1 Å². The highest BCUT2D eigenvalue weighted by molar-refractivity contribution is 6.35. The quantitative estimate of drug-likeness (QED) is 0.163. The number of fused-ring (bicyclic) bond motifs is 2. The fourth-order valence-corrected chi connectivity index (χ4v) is 12.3. The van der Waals surface area contributed by atoms with Gasteiger partial charge in [0.2, 0.25) is 0 Å². The molecule has 13 heteroatoms. The second-order valence-electron chi connectivity index (χ2n) is 17.8. The van der Waals surface area contributed by atoms with E-state index in [0.29, 0.717) is 60.0 Å². The number of nitrogens with one attached hydrogen (secondary N) is 2. The van der Waals surface area contributed by atoms with Gasteiger partial charge >= 0.3 is 0 Å².